The monoisotopic (exact) mass is 1790 g/mol. The molecule has 4 aliphatic rings. The summed E-state index contributed by atoms with van der Waals surface area (Å²) in [6.07, 6.45) is 9.25. The van der Waals surface area contributed by atoms with E-state index in [4.69, 9.17) is 38.9 Å². The van der Waals surface area contributed by atoms with Gasteiger partial charge in [-0.2, -0.15) is 15.0 Å². The lowest BCUT2D eigenvalue weighted by Crippen LogP contribution is -2.58. The molecule has 3 saturated heterocycles. The van der Waals surface area contributed by atoms with Gasteiger partial charge in [0.05, 0.1) is 83.8 Å². The van der Waals surface area contributed by atoms with Gasteiger partial charge in [-0.25, -0.2) is 56.2 Å². The van der Waals surface area contributed by atoms with Gasteiger partial charge in [0.2, 0.25) is 29.5 Å². The number of carbonyl (C=O) groups excluding carboxylic acids is 5. The first-order chi connectivity index (χ1) is 61.4. The number of para-hydroxylation sites is 1. The topological polar surface area (TPSA) is 325 Å². The van der Waals surface area contributed by atoms with Crippen molar-refractivity contribution in [3.63, 3.8) is 0 Å². The number of fused-ring (bicyclic) bond motifs is 4. The highest BCUT2D eigenvalue weighted by Crippen LogP contribution is 2.44. The fourth-order valence-electron chi connectivity index (χ4n) is 17.6. The van der Waals surface area contributed by atoms with Gasteiger partial charge >= 0.3 is 17.1 Å². The van der Waals surface area contributed by atoms with E-state index in [1.165, 1.54) is 31.9 Å². The SMILES string of the molecule is C=CC(=O)N1CC(C)N(c2nc(=O)n(-c3c(C)ccnc3C(C)C)c3nc(-c4cc(F)ccc4F)c(F)cc23)CC1C.C=CC(=O)N1CC(C)N(c2nc(=O)n(-c3c(C)ccnc3C(C)C)c3nc(-c4cccc5c4NC(=O)C5)c(Cl)cc23)CC1C.C=CC(=O)N1CC(C)N(c2nc(=O)n(-c3c(C)ccnc3C(C)C)c3nc(-c4ccccc4C(N)=O)c(Cl)cc23)CC1C. The molecule has 666 valence electrons. The average Bonchev–Trinajstić information content (AvgIpc) is 1.03. The Labute approximate surface area is 752 Å². The number of anilines is 4. The first-order valence-corrected chi connectivity index (χ1v) is 43.3. The molecule has 4 aliphatic heterocycles. The molecule has 0 aliphatic carbocycles. The Morgan fingerprint density at radius 1 is 0.450 bits per heavy atom. The Kier molecular flexibility index (Phi) is 26.2. The fraction of sp³-hybridized carbons (Fsp3) is 0.323. The molecule has 0 saturated carbocycles. The van der Waals surface area contributed by atoms with E-state index in [2.05, 4.69) is 59.9 Å². The molecule has 5 amide bonds. The highest BCUT2D eigenvalue weighted by molar-refractivity contribution is 6.35. The third-order valence-electron chi connectivity index (χ3n) is 24.0. The molecule has 16 rings (SSSR count). The van der Waals surface area contributed by atoms with Crippen molar-refractivity contribution in [3.05, 3.63) is 257 Å². The molecule has 0 spiro atoms. The van der Waals surface area contributed by atoms with Crippen molar-refractivity contribution in [2.75, 3.05) is 59.3 Å². The molecule has 12 aromatic rings. The zero-order valence-electron chi connectivity index (χ0n) is 74.3. The number of hydrogen-bond acceptors (Lipinski definition) is 20. The van der Waals surface area contributed by atoms with Crippen LogP contribution >= 0.6 is 23.2 Å². The molecule has 0 radical (unpaired) electrons. The number of amides is 5. The van der Waals surface area contributed by atoms with Crippen molar-refractivity contribution >= 4 is 109 Å². The molecule has 33 heteroatoms. The lowest BCUT2D eigenvalue weighted by molar-refractivity contribution is -0.129. The van der Waals surface area contributed by atoms with Crippen molar-refractivity contribution < 1.29 is 37.1 Å². The summed E-state index contributed by atoms with van der Waals surface area (Å²) in [7, 11) is 0. The van der Waals surface area contributed by atoms with Gasteiger partial charge < -0.3 is 40.4 Å². The normalized spacial score (nSPS) is 17.5. The first-order valence-electron chi connectivity index (χ1n) is 42.5. The number of nitrogens with two attached hydrogens (primary N) is 1. The molecular weight excluding hydrogens is 1690 g/mol. The highest BCUT2D eigenvalue weighted by atomic mass is 35.5. The number of halogens is 5. The van der Waals surface area contributed by atoms with Crippen LogP contribution in [-0.2, 0) is 25.6 Å². The van der Waals surface area contributed by atoms with Gasteiger partial charge in [-0.1, -0.05) is 121 Å². The number of aromatic nitrogens is 12. The van der Waals surface area contributed by atoms with E-state index in [1.54, 1.807) is 75.8 Å². The van der Waals surface area contributed by atoms with E-state index in [0.29, 0.717) is 140 Å². The van der Waals surface area contributed by atoms with E-state index in [9.17, 15) is 47.1 Å². The van der Waals surface area contributed by atoms with E-state index in [1.807, 2.05) is 149 Å². The van der Waals surface area contributed by atoms with Gasteiger partial charge in [0.1, 0.15) is 40.6 Å². The highest BCUT2D eigenvalue weighted by Gasteiger charge is 2.40. The smallest absolute Gasteiger partial charge is 0.355 e. The summed E-state index contributed by atoms with van der Waals surface area (Å²) in [4.78, 5) is 157. The third-order valence-corrected chi connectivity index (χ3v) is 24.6. The number of hydrogen-bond donors (Lipinski definition) is 2. The Morgan fingerprint density at radius 2 is 0.822 bits per heavy atom. The molecule has 9 aromatic heterocycles. The largest absolute Gasteiger partial charge is 0.366 e. The van der Waals surface area contributed by atoms with E-state index < -0.39 is 46.1 Å². The molecule has 3 aromatic carbocycles. The lowest BCUT2D eigenvalue weighted by atomic mass is 10.0. The lowest BCUT2D eigenvalue weighted by Gasteiger charge is -2.44. The van der Waals surface area contributed by atoms with E-state index in [-0.39, 0.29) is 117 Å². The summed E-state index contributed by atoms with van der Waals surface area (Å²) >= 11 is 13.9. The van der Waals surface area contributed by atoms with Crippen LogP contribution in [0.15, 0.2) is 168 Å². The molecule has 28 nitrogen and oxygen atoms in total. The van der Waals surface area contributed by atoms with Gasteiger partial charge in [0.25, 0.3) is 0 Å². The third kappa shape index (κ3) is 17.3. The van der Waals surface area contributed by atoms with Gasteiger partial charge in [0, 0.05) is 116 Å². The van der Waals surface area contributed by atoms with Gasteiger partial charge in [-0.05, 0) is 181 Å². The van der Waals surface area contributed by atoms with Crippen LogP contribution in [-0.4, -0.2) is 178 Å². The number of piperazine rings is 3. The predicted molar refractivity (Wildman–Crippen MR) is 497 cm³/mol. The molecule has 129 heavy (non-hydrogen) atoms. The van der Waals surface area contributed by atoms with Crippen LogP contribution in [0.3, 0.4) is 0 Å². The number of primary amides is 1. The first kappa shape index (κ1) is 91.5. The Bertz CT molecular complexity index is 6820. The Balaban J connectivity index is 0.000000156. The van der Waals surface area contributed by atoms with Crippen LogP contribution < -0.4 is 42.8 Å². The minimum Gasteiger partial charge on any atom is -0.366 e. The molecule has 0 bridgehead atoms. The van der Waals surface area contributed by atoms with Crippen LogP contribution in [0.5, 0.6) is 0 Å². The van der Waals surface area contributed by atoms with Crippen LogP contribution in [0.4, 0.5) is 36.3 Å². The number of nitrogens with one attached hydrogen (secondary N) is 1. The standard InChI is InChI=1S/C33H34ClN7O3.C32H34ClN7O3.C31H31F3N6O2/c1-7-26(43)39-15-20(6)40(16-19(39)5)31-23-14-24(34)29(22-10-8-9-21-13-25(42)36-28(21)22)37-32(23)41(33(44)38-31)30-18(4)11-12-35-27(30)17(2)3;1-7-25(41)38-15-20(6)39(16-19(38)5)30-23-14-24(33)27(21-10-8-9-11-22(21)29(34)42)36-31(23)40(32(43)37-30)28-18(4)12-13-35-26(28)17(2)3;1-7-25(41)38-14-19(6)39(15-18(38)5)29-22-13-24(34)27(21-12-20(32)8-9-23(21)33)36-30(22)40(31(42)37-29)28-17(4)10-11-35-26(28)16(2)3/h7-12,14,17,19-20H,1,13,15-16H2,2-6H3,(H,36,42);7-14,17,19-20H,1,15-16H2,2-6H3,(H2,34,42);7-13,16,18-19H,1,14-15H2,2-6H3. The minimum atomic E-state index is -0.909. The number of benzene rings is 3. The van der Waals surface area contributed by atoms with Crippen molar-refractivity contribution in [1.29, 1.82) is 0 Å². The number of carbonyl (C=O) groups is 5. The Morgan fingerprint density at radius 3 is 1.21 bits per heavy atom. The summed E-state index contributed by atoms with van der Waals surface area (Å²) in [6.45, 7) is 42.4. The second-order valence-electron chi connectivity index (χ2n) is 34.0. The summed E-state index contributed by atoms with van der Waals surface area (Å²) < 4.78 is 49.1. The van der Waals surface area contributed by atoms with Gasteiger partial charge in [0.15, 0.2) is 16.9 Å². The number of nitrogens with zero attached hydrogens (tertiary/aromatic N) is 18. The molecule has 6 unspecified atom stereocenters. The molecule has 13 heterocycles. The molecule has 3 fully saturated rings. The van der Waals surface area contributed by atoms with Crippen LogP contribution in [0.1, 0.15) is 151 Å². The van der Waals surface area contributed by atoms with E-state index >= 15 is 4.39 Å². The average molecular weight is 1790 g/mol. The van der Waals surface area contributed by atoms with Crippen LogP contribution in [0, 0.1) is 38.2 Å². The maximum atomic E-state index is 15.8. The van der Waals surface area contributed by atoms with Crippen LogP contribution in [0.2, 0.25) is 10.0 Å². The number of rotatable bonds is 16. The Hall–Kier alpha value is -13.7. The fourth-order valence-corrected chi connectivity index (χ4v) is 18.1. The van der Waals surface area contributed by atoms with Crippen molar-refractivity contribution in [3.8, 4) is 50.8 Å². The second-order valence-corrected chi connectivity index (χ2v) is 34.8. The van der Waals surface area contributed by atoms with Crippen molar-refractivity contribution in [2.45, 2.75) is 164 Å². The molecular formula is C96H99Cl2F3N20O8. The number of pyridine rings is 6. The second kappa shape index (κ2) is 37.0. The van der Waals surface area contributed by atoms with Crippen molar-refractivity contribution in [2.24, 2.45) is 5.73 Å². The summed E-state index contributed by atoms with van der Waals surface area (Å²) in [5.74, 6) is -2.80. The maximum absolute atomic E-state index is 15.8. The summed E-state index contributed by atoms with van der Waals surface area (Å²) in [5.41, 5.74) is 13.6. The van der Waals surface area contributed by atoms with Crippen LogP contribution in [0.25, 0.3) is 83.9 Å². The quantitative estimate of drug-likeness (QED) is 0.0849. The predicted octanol–water partition coefficient (Wildman–Crippen LogP) is 15.0. The minimum absolute atomic E-state index is 0.00442. The van der Waals surface area contributed by atoms with Gasteiger partial charge in [-0.15, -0.1) is 0 Å². The number of aryl methyl sites for hydroxylation is 3. The summed E-state index contributed by atoms with van der Waals surface area (Å²) in [5, 5.41) is 4.91. The molecule has 6 atom stereocenters. The van der Waals surface area contributed by atoms with Gasteiger partial charge in [-0.3, -0.25) is 38.9 Å². The zero-order valence-corrected chi connectivity index (χ0v) is 75.8. The zero-order chi connectivity index (χ0) is 93.1. The van der Waals surface area contributed by atoms with E-state index in [0.717, 1.165) is 46.6 Å². The summed E-state index contributed by atoms with van der Waals surface area (Å²) in [6, 6.07) is 24.1. The maximum Gasteiger partial charge on any atom is 0.355 e. The van der Waals surface area contributed by atoms with Crippen molar-refractivity contribution in [1.82, 2.24) is 73.3 Å². The molecule has 3 N–H and O–H groups in total.